The Hall–Kier alpha value is -1.20. The number of benzene rings is 1. The van der Waals surface area contributed by atoms with Crippen molar-refractivity contribution in [2.45, 2.75) is 38.3 Å². The monoisotopic (exact) mass is 346 g/mol. The molecule has 0 radical (unpaired) electrons. The molecule has 2 saturated heterocycles. The Morgan fingerprint density at radius 1 is 1.21 bits per heavy atom. The van der Waals surface area contributed by atoms with Crippen LogP contribution in [0, 0.1) is 5.92 Å². The summed E-state index contributed by atoms with van der Waals surface area (Å²) >= 11 is 2.06. The van der Waals surface area contributed by atoms with Crippen LogP contribution >= 0.6 is 11.8 Å². The largest absolute Gasteiger partial charge is 0.370 e. The van der Waals surface area contributed by atoms with Crippen molar-refractivity contribution in [3.63, 3.8) is 0 Å². The molecule has 3 rings (SSSR count). The van der Waals surface area contributed by atoms with E-state index in [2.05, 4.69) is 57.3 Å². The average molecular weight is 347 g/mol. The van der Waals surface area contributed by atoms with Crippen LogP contribution in [-0.2, 0) is 6.54 Å². The van der Waals surface area contributed by atoms with Gasteiger partial charge in [0, 0.05) is 32.2 Å². The molecule has 4 nitrogen and oxygen atoms in total. The van der Waals surface area contributed by atoms with Crippen molar-refractivity contribution in [3.8, 4) is 0 Å². The molecule has 24 heavy (non-hydrogen) atoms. The van der Waals surface area contributed by atoms with Crippen molar-refractivity contribution in [1.82, 2.24) is 10.2 Å². The van der Waals surface area contributed by atoms with Crippen LogP contribution in [0.1, 0.15) is 31.2 Å². The maximum Gasteiger partial charge on any atom is 0.188 e. The summed E-state index contributed by atoms with van der Waals surface area (Å²) in [6.07, 6.45) is 4.92. The minimum atomic E-state index is 0.474. The number of likely N-dealkylation sites (tertiary alicyclic amines) is 1. The van der Waals surface area contributed by atoms with Gasteiger partial charge in [0.25, 0.3) is 0 Å². The Balaban J connectivity index is 1.36. The fourth-order valence-corrected chi connectivity index (χ4v) is 4.65. The van der Waals surface area contributed by atoms with Gasteiger partial charge < -0.3 is 11.1 Å². The molecule has 0 amide bonds. The fraction of sp³-hybridized carbons (Fsp3) is 0.632. The van der Waals surface area contributed by atoms with Crippen LogP contribution < -0.4 is 11.1 Å². The number of nitrogens with zero attached hydrogens (tertiary/aromatic N) is 2. The smallest absolute Gasteiger partial charge is 0.188 e. The van der Waals surface area contributed by atoms with Crippen LogP contribution in [0.2, 0.25) is 0 Å². The van der Waals surface area contributed by atoms with Gasteiger partial charge in [0.1, 0.15) is 0 Å². The van der Waals surface area contributed by atoms with E-state index in [1.165, 1.54) is 29.9 Å². The van der Waals surface area contributed by atoms with Gasteiger partial charge in [-0.05, 0) is 48.7 Å². The topological polar surface area (TPSA) is 53.6 Å². The Kier molecular flexibility index (Phi) is 6.85. The summed E-state index contributed by atoms with van der Waals surface area (Å²) in [5.41, 5.74) is 7.50. The summed E-state index contributed by atoms with van der Waals surface area (Å²) in [6.45, 7) is 4.19. The lowest BCUT2D eigenvalue weighted by Gasteiger charge is -2.32. The first-order valence-electron chi connectivity index (χ1n) is 9.20. The molecule has 0 bridgehead atoms. The van der Waals surface area contributed by atoms with Crippen molar-refractivity contribution in [3.05, 3.63) is 35.9 Å². The Labute approximate surface area is 150 Å². The van der Waals surface area contributed by atoms with Gasteiger partial charge in [-0.2, -0.15) is 11.8 Å². The number of piperidine rings is 1. The van der Waals surface area contributed by atoms with Crippen LogP contribution in [0.4, 0.5) is 0 Å². The molecular weight excluding hydrogens is 316 g/mol. The van der Waals surface area contributed by atoms with Crippen molar-refractivity contribution >= 4 is 17.7 Å². The predicted octanol–water partition coefficient (Wildman–Crippen LogP) is 2.70. The molecule has 2 heterocycles. The van der Waals surface area contributed by atoms with Crippen LogP contribution in [-0.4, -0.2) is 48.0 Å². The first-order valence-corrected chi connectivity index (χ1v) is 10.4. The number of nitrogens with two attached hydrogens (primary N) is 1. The number of hydrogen-bond donors (Lipinski definition) is 2. The Morgan fingerprint density at radius 2 is 2.00 bits per heavy atom. The maximum atomic E-state index is 6.10. The minimum absolute atomic E-state index is 0.474. The molecule has 0 spiro atoms. The molecule has 2 aliphatic heterocycles. The lowest BCUT2D eigenvalue weighted by molar-refractivity contribution is 0.199. The molecule has 2 aliphatic rings. The number of rotatable bonds is 5. The van der Waals surface area contributed by atoms with E-state index in [1.807, 2.05) is 0 Å². The summed E-state index contributed by atoms with van der Waals surface area (Å²) in [5, 5.41) is 3.44. The van der Waals surface area contributed by atoms with Gasteiger partial charge in [-0.1, -0.05) is 30.3 Å². The van der Waals surface area contributed by atoms with Gasteiger partial charge in [-0.3, -0.25) is 9.89 Å². The second-order valence-corrected chi connectivity index (χ2v) is 8.14. The summed E-state index contributed by atoms with van der Waals surface area (Å²) < 4.78 is 0. The molecule has 0 saturated carbocycles. The molecular formula is C19H30N4S. The fourth-order valence-electron chi connectivity index (χ4n) is 3.51. The van der Waals surface area contributed by atoms with Crippen molar-refractivity contribution in [2.75, 3.05) is 31.1 Å². The third kappa shape index (κ3) is 5.71. The highest BCUT2D eigenvalue weighted by molar-refractivity contribution is 7.99. The zero-order valence-corrected chi connectivity index (χ0v) is 15.3. The number of hydrogen-bond acceptors (Lipinski definition) is 3. The van der Waals surface area contributed by atoms with Gasteiger partial charge >= 0.3 is 0 Å². The van der Waals surface area contributed by atoms with Crippen LogP contribution in [0.5, 0.6) is 0 Å². The van der Waals surface area contributed by atoms with Gasteiger partial charge in [-0.15, -0.1) is 0 Å². The molecule has 3 N–H and O–H groups in total. The van der Waals surface area contributed by atoms with Crippen molar-refractivity contribution < 1.29 is 0 Å². The number of aliphatic imine (C=N–C) groups is 1. The third-order valence-corrected chi connectivity index (χ3v) is 6.25. The highest BCUT2D eigenvalue weighted by Gasteiger charge is 2.20. The Bertz CT molecular complexity index is 505. The lowest BCUT2D eigenvalue weighted by Crippen LogP contribution is -2.47. The molecule has 1 aromatic rings. The first-order chi connectivity index (χ1) is 11.8. The van der Waals surface area contributed by atoms with Crippen molar-refractivity contribution in [1.29, 1.82) is 0 Å². The zero-order valence-electron chi connectivity index (χ0n) is 14.5. The molecule has 1 aromatic carbocycles. The second-order valence-electron chi connectivity index (χ2n) is 6.99. The van der Waals surface area contributed by atoms with E-state index in [9.17, 15) is 0 Å². The molecule has 5 heteroatoms. The van der Waals surface area contributed by atoms with Gasteiger partial charge in [-0.25, -0.2) is 0 Å². The molecule has 2 fully saturated rings. The zero-order chi connectivity index (χ0) is 16.6. The molecule has 0 aliphatic carbocycles. The highest BCUT2D eigenvalue weighted by Crippen LogP contribution is 2.22. The van der Waals surface area contributed by atoms with Crippen LogP contribution in [0.3, 0.4) is 0 Å². The quantitative estimate of drug-likeness (QED) is 0.636. The predicted molar refractivity (Wildman–Crippen MR) is 104 cm³/mol. The van der Waals surface area contributed by atoms with E-state index >= 15 is 0 Å². The number of thioether (sulfide) groups is 1. The number of guanidine groups is 1. The SMILES string of the molecule is NC(=NCC1CCCSC1)NC1CCN(Cc2ccccc2)CC1. The molecule has 1 unspecified atom stereocenters. The van der Waals surface area contributed by atoms with E-state index in [0.717, 1.165) is 44.9 Å². The normalized spacial score (nSPS) is 24.0. The molecule has 0 aromatic heterocycles. The lowest BCUT2D eigenvalue weighted by atomic mass is 10.0. The standard InChI is InChI=1S/C19H30N4S/c20-19(21-13-17-7-4-12-24-15-17)22-18-8-10-23(11-9-18)14-16-5-2-1-3-6-16/h1-3,5-6,17-18H,4,7-15H2,(H3,20,21,22). The van der Waals surface area contributed by atoms with E-state index in [4.69, 9.17) is 5.73 Å². The average Bonchev–Trinajstić information content (AvgIpc) is 2.63. The van der Waals surface area contributed by atoms with Gasteiger partial charge in [0.15, 0.2) is 5.96 Å². The van der Waals surface area contributed by atoms with Gasteiger partial charge in [0.2, 0.25) is 0 Å². The maximum absolute atomic E-state index is 6.10. The third-order valence-electron chi connectivity index (χ3n) is 4.96. The summed E-state index contributed by atoms with van der Waals surface area (Å²) in [5.74, 6) is 3.92. The summed E-state index contributed by atoms with van der Waals surface area (Å²) in [7, 11) is 0. The molecule has 132 valence electrons. The minimum Gasteiger partial charge on any atom is -0.370 e. The number of nitrogens with one attached hydrogen (secondary N) is 1. The second kappa shape index (κ2) is 9.33. The van der Waals surface area contributed by atoms with E-state index < -0.39 is 0 Å². The van der Waals surface area contributed by atoms with Gasteiger partial charge in [0.05, 0.1) is 0 Å². The van der Waals surface area contributed by atoms with E-state index in [0.29, 0.717) is 12.0 Å². The van der Waals surface area contributed by atoms with Crippen LogP contribution in [0.15, 0.2) is 35.3 Å². The van der Waals surface area contributed by atoms with Crippen LogP contribution in [0.25, 0.3) is 0 Å². The highest BCUT2D eigenvalue weighted by atomic mass is 32.2. The van der Waals surface area contributed by atoms with Crippen molar-refractivity contribution in [2.24, 2.45) is 16.6 Å². The molecule has 1 atom stereocenters. The summed E-state index contributed by atoms with van der Waals surface area (Å²) in [6, 6.07) is 11.2. The Morgan fingerprint density at radius 3 is 2.71 bits per heavy atom. The van der Waals surface area contributed by atoms with E-state index in [1.54, 1.807) is 0 Å². The summed E-state index contributed by atoms with van der Waals surface area (Å²) in [4.78, 5) is 7.11. The first kappa shape index (κ1) is 17.6. The van der Waals surface area contributed by atoms with E-state index in [-0.39, 0.29) is 0 Å².